The molecule has 0 saturated carbocycles. The Hall–Kier alpha value is -4.04. The molecule has 0 radical (unpaired) electrons. The molecular formula is C24H18N4O3S. The highest BCUT2D eigenvalue weighted by Crippen LogP contribution is 2.43. The van der Waals surface area contributed by atoms with Gasteiger partial charge in [-0.1, -0.05) is 36.4 Å². The highest BCUT2D eigenvalue weighted by Gasteiger charge is 2.42. The molecule has 0 unspecified atom stereocenters. The van der Waals surface area contributed by atoms with Crippen LogP contribution < -0.4 is 10.2 Å². The number of hydrogen-bond donors (Lipinski definition) is 1. The predicted octanol–water partition coefficient (Wildman–Crippen LogP) is 5.43. The van der Waals surface area contributed by atoms with E-state index in [9.17, 15) is 10.1 Å². The van der Waals surface area contributed by atoms with Crippen molar-refractivity contribution in [2.45, 2.75) is 12.1 Å². The number of nitrogens with one attached hydrogen (secondary N) is 1. The van der Waals surface area contributed by atoms with E-state index in [4.69, 9.17) is 16.6 Å². The first-order valence-corrected chi connectivity index (χ1v) is 10.4. The Labute approximate surface area is 189 Å². The highest BCUT2D eigenvalue weighted by molar-refractivity contribution is 7.80. The van der Waals surface area contributed by atoms with Gasteiger partial charge in [-0.05, 0) is 54.7 Å². The zero-order chi connectivity index (χ0) is 22.1. The summed E-state index contributed by atoms with van der Waals surface area (Å²) in [6, 6.07) is 25.1. The Morgan fingerprint density at radius 2 is 1.72 bits per heavy atom. The van der Waals surface area contributed by atoms with Crippen LogP contribution in [0, 0.1) is 10.1 Å². The first-order chi connectivity index (χ1) is 15.6. The number of nitrogens with zero attached hydrogens (tertiary/aromatic N) is 3. The number of para-hydroxylation sites is 2. The molecule has 1 saturated heterocycles. The summed E-state index contributed by atoms with van der Waals surface area (Å²) >= 11 is 5.69. The van der Waals surface area contributed by atoms with Crippen LogP contribution in [-0.4, -0.2) is 15.0 Å². The van der Waals surface area contributed by atoms with E-state index in [0.29, 0.717) is 22.2 Å². The van der Waals surface area contributed by atoms with Crippen molar-refractivity contribution in [1.29, 1.82) is 0 Å². The van der Waals surface area contributed by atoms with Crippen molar-refractivity contribution in [1.82, 2.24) is 10.3 Å². The molecule has 2 aromatic heterocycles. The van der Waals surface area contributed by atoms with Crippen molar-refractivity contribution in [3.63, 3.8) is 0 Å². The summed E-state index contributed by atoms with van der Waals surface area (Å²) < 4.78 is 6.22. The summed E-state index contributed by atoms with van der Waals surface area (Å²) in [5.74, 6) is 1.06. The van der Waals surface area contributed by atoms with Gasteiger partial charge >= 0.3 is 0 Å². The van der Waals surface area contributed by atoms with Gasteiger partial charge in [-0.25, -0.2) is 0 Å². The number of rotatable bonds is 5. The van der Waals surface area contributed by atoms with Crippen molar-refractivity contribution in [2.24, 2.45) is 0 Å². The molecule has 1 aliphatic heterocycles. The standard InChI is InChI=1S/C24H18N4O3S/c29-28(30)19-12-5-4-10-17(19)20-13-14-21(31-20)23-22(18-11-6-7-15-25-18)26-24(32)27(23)16-8-2-1-3-9-16/h1-15,22-23H,(H,26,32)/t22-,23-/m0/s1. The van der Waals surface area contributed by atoms with Crippen LogP contribution >= 0.6 is 12.2 Å². The summed E-state index contributed by atoms with van der Waals surface area (Å²) in [4.78, 5) is 17.6. The quantitative estimate of drug-likeness (QED) is 0.251. The van der Waals surface area contributed by atoms with E-state index in [-0.39, 0.29) is 17.8 Å². The fourth-order valence-corrected chi connectivity index (χ4v) is 4.35. The van der Waals surface area contributed by atoms with Gasteiger partial charge in [-0.3, -0.25) is 15.1 Å². The monoisotopic (exact) mass is 442 g/mol. The van der Waals surface area contributed by atoms with Gasteiger partial charge in [-0.15, -0.1) is 0 Å². The number of anilines is 1. The zero-order valence-electron chi connectivity index (χ0n) is 16.8. The minimum atomic E-state index is -0.406. The molecule has 1 aliphatic rings. The van der Waals surface area contributed by atoms with Gasteiger partial charge in [0.25, 0.3) is 5.69 Å². The Morgan fingerprint density at radius 1 is 0.969 bits per heavy atom. The second-order valence-electron chi connectivity index (χ2n) is 7.31. The third-order valence-electron chi connectivity index (χ3n) is 5.42. The van der Waals surface area contributed by atoms with Gasteiger partial charge in [0.05, 0.1) is 22.2 Å². The van der Waals surface area contributed by atoms with Gasteiger partial charge in [0.2, 0.25) is 0 Å². The van der Waals surface area contributed by atoms with Crippen LogP contribution in [0.4, 0.5) is 11.4 Å². The molecule has 8 heteroatoms. The highest BCUT2D eigenvalue weighted by atomic mass is 32.1. The summed E-state index contributed by atoms with van der Waals surface area (Å²) in [7, 11) is 0. The van der Waals surface area contributed by atoms with Crippen molar-refractivity contribution in [2.75, 3.05) is 4.90 Å². The third kappa shape index (κ3) is 3.50. The maximum absolute atomic E-state index is 11.5. The molecule has 0 aliphatic carbocycles. The van der Waals surface area contributed by atoms with Gasteiger partial charge in [0.1, 0.15) is 17.6 Å². The maximum atomic E-state index is 11.5. The summed E-state index contributed by atoms with van der Waals surface area (Å²) in [6.45, 7) is 0. The second kappa shape index (κ2) is 8.24. The molecule has 0 spiro atoms. The Morgan fingerprint density at radius 3 is 2.47 bits per heavy atom. The first-order valence-electron chi connectivity index (χ1n) is 10.0. The SMILES string of the molecule is O=[N+]([O-])c1ccccc1-c1ccc([C@H]2[C@H](c3ccccn3)NC(=S)N2c2ccccc2)o1. The van der Waals surface area contributed by atoms with E-state index < -0.39 is 4.92 Å². The number of pyridine rings is 1. The van der Waals surface area contributed by atoms with E-state index in [0.717, 1.165) is 11.4 Å². The van der Waals surface area contributed by atoms with Crippen LogP contribution in [0.5, 0.6) is 0 Å². The molecule has 0 bridgehead atoms. The van der Waals surface area contributed by atoms with Gasteiger partial charge in [0, 0.05) is 18.0 Å². The van der Waals surface area contributed by atoms with Crippen LogP contribution in [-0.2, 0) is 0 Å². The minimum absolute atomic E-state index is 0.00495. The van der Waals surface area contributed by atoms with Crippen molar-refractivity contribution >= 4 is 28.7 Å². The maximum Gasteiger partial charge on any atom is 0.280 e. The molecule has 158 valence electrons. The smallest absolute Gasteiger partial charge is 0.280 e. The first kappa shape index (κ1) is 19.9. The summed E-state index contributed by atoms with van der Waals surface area (Å²) in [6.07, 6.45) is 1.74. The largest absolute Gasteiger partial charge is 0.459 e. The lowest BCUT2D eigenvalue weighted by Crippen LogP contribution is -2.29. The van der Waals surface area contributed by atoms with Crippen LogP contribution in [0.1, 0.15) is 23.5 Å². The van der Waals surface area contributed by atoms with Crippen LogP contribution in [0.3, 0.4) is 0 Å². The lowest BCUT2D eigenvalue weighted by atomic mass is 10.0. The van der Waals surface area contributed by atoms with Gasteiger partial charge in [-0.2, -0.15) is 0 Å². The Balaban J connectivity index is 1.61. The molecule has 0 amide bonds. The molecule has 2 atom stereocenters. The van der Waals surface area contributed by atoms with Gasteiger partial charge in [0.15, 0.2) is 5.11 Å². The van der Waals surface area contributed by atoms with E-state index >= 15 is 0 Å². The van der Waals surface area contributed by atoms with Crippen molar-refractivity contribution in [3.8, 4) is 11.3 Å². The topological polar surface area (TPSA) is 84.4 Å². The van der Waals surface area contributed by atoms with Crippen molar-refractivity contribution in [3.05, 3.63) is 113 Å². The minimum Gasteiger partial charge on any atom is -0.459 e. The molecule has 3 heterocycles. The summed E-state index contributed by atoms with van der Waals surface area (Å²) in [5.41, 5.74) is 2.16. The van der Waals surface area contributed by atoms with Crippen LogP contribution in [0.25, 0.3) is 11.3 Å². The van der Waals surface area contributed by atoms with Crippen LogP contribution in [0.15, 0.2) is 95.5 Å². The molecular weight excluding hydrogens is 424 g/mol. The second-order valence-corrected chi connectivity index (χ2v) is 7.70. The van der Waals surface area contributed by atoms with E-state index in [1.54, 1.807) is 30.5 Å². The molecule has 2 aromatic carbocycles. The predicted molar refractivity (Wildman–Crippen MR) is 125 cm³/mol. The molecule has 1 fully saturated rings. The average Bonchev–Trinajstić information content (AvgIpc) is 3.44. The number of hydrogen-bond acceptors (Lipinski definition) is 5. The third-order valence-corrected chi connectivity index (χ3v) is 5.73. The molecule has 4 aromatic rings. The number of furan rings is 1. The van der Waals surface area contributed by atoms with E-state index in [1.165, 1.54) is 6.07 Å². The number of benzene rings is 2. The fourth-order valence-electron chi connectivity index (χ4n) is 4.01. The number of nitro benzene ring substituents is 1. The lowest BCUT2D eigenvalue weighted by molar-refractivity contribution is -0.384. The molecule has 7 nitrogen and oxygen atoms in total. The summed E-state index contributed by atoms with van der Waals surface area (Å²) in [5, 5.41) is 15.4. The fraction of sp³-hybridized carbons (Fsp3) is 0.0833. The molecule has 1 N–H and O–H groups in total. The Kier molecular flexibility index (Phi) is 5.12. The van der Waals surface area contributed by atoms with Gasteiger partial charge < -0.3 is 14.6 Å². The zero-order valence-corrected chi connectivity index (χ0v) is 17.6. The molecule has 32 heavy (non-hydrogen) atoms. The number of aromatic nitrogens is 1. The number of nitro groups is 1. The van der Waals surface area contributed by atoms with Crippen LogP contribution in [0.2, 0.25) is 0 Å². The Bertz CT molecular complexity index is 1280. The number of thiocarbonyl (C=S) groups is 1. The van der Waals surface area contributed by atoms with E-state index in [1.807, 2.05) is 59.5 Å². The van der Waals surface area contributed by atoms with Crippen molar-refractivity contribution < 1.29 is 9.34 Å². The van der Waals surface area contributed by atoms with E-state index in [2.05, 4.69) is 10.3 Å². The normalized spacial score (nSPS) is 17.9. The molecule has 5 rings (SSSR count). The lowest BCUT2D eigenvalue weighted by Gasteiger charge is -2.26. The average molecular weight is 443 g/mol.